The molecule has 12 heteroatoms. The van der Waals surface area contributed by atoms with Crippen LogP contribution in [0.5, 0.6) is 5.75 Å². The van der Waals surface area contributed by atoms with Crippen LogP contribution in [0.15, 0.2) is 30.3 Å². The number of halogens is 9. The molecule has 1 aromatic carbocycles. The summed E-state index contributed by atoms with van der Waals surface area (Å²) in [7, 11) is 1.34. The number of hydrogen-bond acceptors (Lipinski definition) is 2. The number of H-pyrrole nitrogens is 1. The fourth-order valence-electron chi connectivity index (χ4n) is 1.94. The van der Waals surface area contributed by atoms with E-state index in [4.69, 9.17) is 4.74 Å². The standard InChI is InChI=1S/C14H9F9N2O/c1-26-8-4-2-7(3-5-8)9-6-10(25-24-9)11(15,16)12(17,18)13(19,20)14(21,22)23/h2-6H,1H3,(H,24,25). The molecular weight excluding hydrogens is 383 g/mol. The topological polar surface area (TPSA) is 37.9 Å². The average molecular weight is 392 g/mol. The largest absolute Gasteiger partial charge is 0.497 e. The first-order valence-electron chi connectivity index (χ1n) is 6.66. The van der Waals surface area contributed by atoms with Crippen LogP contribution in [-0.2, 0) is 5.92 Å². The second-order valence-corrected chi connectivity index (χ2v) is 5.12. The average Bonchev–Trinajstić information content (AvgIpc) is 3.04. The lowest BCUT2D eigenvalue weighted by Crippen LogP contribution is -2.59. The summed E-state index contributed by atoms with van der Waals surface area (Å²) in [5.74, 6) is -19.2. The third-order valence-electron chi connectivity index (χ3n) is 3.45. The molecule has 144 valence electrons. The molecule has 0 aliphatic heterocycles. The third-order valence-corrected chi connectivity index (χ3v) is 3.45. The van der Waals surface area contributed by atoms with Crippen LogP contribution in [0.2, 0.25) is 0 Å². The number of methoxy groups -OCH3 is 1. The summed E-state index contributed by atoms with van der Waals surface area (Å²) >= 11 is 0. The number of benzene rings is 1. The number of rotatable bonds is 5. The van der Waals surface area contributed by atoms with E-state index >= 15 is 0 Å². The van der Waals surface area contributed by atoms with Crippen molar-refractivity contribution in [1.29, 1.82) is 0 Å². The Morgan fingerprint density at radius 3 is 1.85 bits per heavy atom. The zero-order valence-corrected chi connectivity index (χ0v) is 12.6. The fourth-order valence-corrected chi connectivity index (χ4v) is 1.94. The summed E-state index contributed by atoms with van der Waals surface area (Å²) in [5, 5.41) is 4.65. The Labute approximate surface area is 139 Å². The zero-order valence-electron chi connectivity index (χ0n) is 12.6. The Morgan fingerprint density at radius 2 is 1.38 bits per heavy atom. The van der Waals surface area contributed by atoms with Gasteiger partial charge in [-0.3, -0.25) is 5.10 Å². The van der Waals surface area contributed by atoms with Crippen LogP contribution < -0.4 is 4.74 Å². The van der Waals surface area contributed by atoms with Gasteiger partial charge in [-0.15, -0.1) is 0 Å². The van der Waals surface area contributed by atoms with E-state index in [2.05, 4.69) is 5.10 Å². The molecule has 0 unspecified atom stereocenters. The molecule has 0 amide bonds. The van der Waals surface area contributed by atoms with E-state index in [1.165, 1.54) is 36.5 Å². The molecule has 0 spiro atoms. The minimum absolute atomic E-state index is 0.106. The van der Waals surface area contributed by atoms with Gasteiger partial charge in [0, 0.05) is 5.56 Å². The van der Waals surface area contributed by atoms with E-state index in [0.29, 0.717) is 5.75 Å². The Balaban J connectivity index is 2.42. The smallest absolute Gasteiger partial charge is 0.460 e. The van der Waals surface area contributed by atoms with Gasteiger partial charge in [-0.2, -0.15) is 44.6 Å². The minimum Gasteiger partial charge on any atom is -0.497 e. The van der Waals surface area contributed by atoms with Gasteiger partial charge in [0.25, 0.3) is 0 Å². The van der Waals surface area contributed by atoms with Gasteiger partial charge in [0.2, 0.25) is 0 Å². The van der Waals surface area contributed by atoms with Gasteiger partial charge in [0.15, 0.2) is 0 Å². The lowest BCUT2D eigenvalue weighted by molar-refractivity contribution is -0.400. The van der Waals surface area contributed by atoms with Crippen molar-refractivity contribution in [3.63, 3.8) is 0 Å². The molecular formula is C14H9F9N2O. The highest BCUT2D eigenvalue weighted by atomic mass is 19.4. The van der Waals surface area contributed by atoms with Gasteiger partial charge in [0.05, 0.1) is 12.8 Å². The van der Waals surface area contributed by atoms with Crippen molar-refractivity contribution in [3.8, 4) is 17.0 Å². The van der Waals surface area contributed by atoms with Crippen LogP contribution in [0.4, 0.5) is 39.5 Å². The molecule has 2 rings (SSSR count). The Kier molecular flexibility index (Phi) is 4.67. The van der Waals surface area contributed by atoms with E-state index in [-0.39, 0.29) is 17.3 Å². The van der Waals surface area contributed by atoms with E-state index < -0.39 is 29.6 Å². The molecule has 0 radical (unpaired) electrons. The summed E-state index contributed by atoms with van der Waals surface area (Å²) in [6.07, 6.45) is -6.88. The van der Waals surface area contributed by atoms with Gasteiger partial charge in [-0.1, -0.05) is 0 Å². The van der Waals surface area contributed by atoms with Crippen LogP contribution >= 0.6 is 0 Å². The van der Waals surface area contributed by atoms with Crippen molar-refractivity contribution in [3.05, 3.63) is 36.0 Å². The monoisotopic (exact) mass is 392 g/mol. The maximum Gasteiger partial charge on any atom is 0.460 e. The van der Waals surface area contributed by atoms with Crippen molar-refractivity contribution in [2.24, 2.45) is 0 Å². The lowest BCUT2D eigenvalue weighted by Gasteiger charge is -2.32. The van der Waals surface area contributed by atoms with Crippen LogP contribution in [0, 0.1) is 0 Å². The third kappa shape index (κ3) is 2.97. The predicted molar refractivity (Wildman–Crippen MR) is 70.4 cm³/mol. The van der Waals surface area contributed by atoms with E-state index in [9.17, 15) is 39.5 Å². The first kappa shape index (κ1) is 19.9. The molecule has 1 heterocycles. The molecule has 26 heavy (non-hydrogen) atoms. The highest BCUT2D eigenvalue weighted by molar-refractivity contribution is 5.60. The van der Waals surface area contributed by atoms with Crippen molar-refractivity contribution in [2.45, 2.75) is 23.9 Å². The number of aromatic amines is 1. The molecule has 0 aliphatic carbocycles. The van der Waals surface area contributed by atoms with Crippen LogP contribution in [0.3, 0.4) is 0 Å². The number of alkyl halides is 9. The quantitative estimate of drug-likeness (QED) is 0.727. The van der Waals surface area contributed by atoms with Gasteiger partial charge >= 0.3 is 23.9 Å². The first-order valence-corrected chi connectivity index (χ1v) is 6.66. The molecule has 1 aromatic heterocycles. The van der Waals surface area contributed by atoms with Crippen molar-refractivity contribution < 1.29 is 44.3 Å². The number of nitrogens with one attached hydrogen (secondary N) is 1. The van der Waals surface area contributed by atoms with Crippen LogP contribution in [0.25, 0.3) is 11.3 Å². The highest BCUT2D eigenvalue weighted by Gasteiger charge is 2.82. The molecule has 2 aromatic rings. The summed E-state index contributed by atoms with van der Waals surface area (Å²) in [6.45, 7) is 0. The maximum atomic E-state index is 13.8. The normalized spacial score (nSPS) is 13.8. The number of ether oxygens (including phenoxy) is 1. The number of aromatic nitrogens is 2. The van der Waals surface area contributed by atoms with Crippen molar-refractivity contribution in [2.75, 3.05) is 7.11 Å². The van der Waals surface area contributed by atoms with Crippen molar-refractivity contribution >= 4 is 0 Å². The van der Waals surface area contributed by atoms with E-state index in [1.807, 2.05) is 0 Å². The summed E-state index contributed by atoms with van der Waals surface area (Å²) < 4.78 is 121. The Bertz CT molecular complexity index is 765. The van der Waals surface area contributed by atoms with E-state index in [1.54, 1.807) is 0 Å². The molecule has 0 aliphatic rings. The predicted octanol–water partition coefficient (Wildman–Crippen LogP) is 5.01. The second kappa shape index (κ2) is 6.09. The lowest BCUT2D eigenvalue weighted by atomic mass is 10.0. The van der Waals surface area contributed by atoms with Crippen molar-refractivity contribution in [1.82, 2.24) is 10.2 Å². The number of nitrogens with zero attached hydrogens (tertiary/aromatic N) is 1. The van der Waals surface area contributed by atoms with Gasteiger partial charge in [-0.25, -0.2) is 0 Å². The van der Waals surface area contributed by atoms with Gasteiger partial charge in [-0.05, 0) is 30.3 Å². The molecule has 0 saturated carbocycles. The molecule has 0 bridgehead atoms. The molecule has 0 saturated heterocycles. The molecule has 1 N–H and O–H groups in total. The minimum atomic E-state index is -6.96. The summed E-state index contributed by atoms with van der Waals surface area (Å²) in [6, 6.07) is 5.59. The Hall–Kier alpha value is -2.40. The molecule has 0 atom stereocenters. The summed E-state index contributed by atoms with van der Waals surface area (Å²) in [4.78, 5) is 0. The first-order chi connectivity index (χ1) is 11.8. The number of hydrogen-bond donors (Lipinski definition) is 1. The zero-order chi connectivity index (χ0) is 20.0. The molecule has 3 nitrogen and oxygen atoms in total. The van der Waals surface area contributed by atoms with Gasteiger partial charge < -0.3 is 4.74 Å². The molecule has 0 fully saturated rings. The highest BCUT2D eigenvalue weighted by Crippen LogP contribution is 2.56. The Morgan fingerprint density at radius 1 is 0.846 bits per heavy atom. The SMILES string of the molecule is COc1ccc(-c2cc(C(F)(F)C(F)(F)C(F)(F)C(F)(F)F)[nH]n2)cc1. The van der Waals surface area contributed by atoms with Gasteiger partial charge in [0.1, 0.15) is 11.4 Å². The van der Waals surface area contributed by atoms with Crippen LogP contribution in [0.1, 0.15) is 5.69 Å². The fraction of sp³-hybridized carbons (Fsp3) is 0.357. The van der Waals surface area contributed by atoms with Crippen LogP contribution in [-0.4, -0.2) is 35.3 Å². The second-order valence-electron chi connectivity index (χ2n) is 5.12. The van der Waals surface area contributed by atoms with E-state index in [0.717, 1.165) is 0 Å². The summed E-state index contributed by atoms with van der Waals surface area (Å²) in [5.41, 5.74) is -2.15. The maximum absolute atomic E-state index is 13.8.